The van der Waals surface area contributed by atoms with E-state index >= 15 is 0 Å². The van der Waals surface area contributed by atoms with E-state index in [2.05, 4.69) is 113 Å². The van der Waals surface area contributed by atoms with Gasteiger partial charge in [0.1, 0.15) is 0 Å². The quantitative estimate of drug-likeness (QED) is 0.283. The molecule has 0 bridgehead atoms. The van der Waals surface area contributed by atoms with Crippen LogP contribution in [0.25, 0.3) is 33.7 Å². The Morgan fingerprint density at radius 1 is 0.561 bits per heavy atom. The molecule has 0 radical (unpaired) electrons. The maximum atomic E-state index is 2.69. The summed E-state index contributed by atoms with van der Waals surface area (Å²) >= 11 is -2.94. The Kier molecular flexibility index (Phi) is 7.75. The van der Waals surface area contributed by atoms with Gasteiger partial charge in [-0.3, -0.25) is 0 Å². The van der Waals surface area contributed by atoms with Crippen molar-refractivity contribution in [2.75, 3.05) is 0 Å². The summed E-state index contributed by atoms with van der Waals surface area (Å²) in [6.45, 7) is 9.92. The molecule has 3 heteroatoms. The van der Waals surface area contributed by atoms with Gasteiger partial charge in [0.2, 0.25) is 0 Å². The van der Waals surface area contributed by atoms with E-state index in [9.17, 15) is 0 Å². The van der Waals surface area contributed by atoms with Gasteiger partial charge in [0, 0.05) is 0 Å². The number of allylic oxidation sites excluding steroid dienone is 2. The monoisotopic (exact) mass is 656 g/mol. The van der Waals surface area contributed by atoms with Crippen LogP contribution >= 0.6 is 0 Å². The summed E-state index contributed by atoms with van der Waals surface area (Å²) in [7, 11) is 0. The Labute approximate surface area is 262 Å². The molecule has 41 heavy (non-hydrogen) atoms. The second kappa shape index (κ2) is 10.8. The summed E-state index contributed by atoms with van der Waals surface area (Å²) in [5.74, 6) is 1.20. The molecule has 1 aliphatic heterocycles. The molecule has 2 fully saturated rings. The molecular formula is C38H40Cl2Zr. The molecule has 0 amide bonds. The predicted octanol–water partition coefficient (Wildman–Crippen LogP) is 5.21. The van der Waals surface area contributed by atoms with Crippen molar-refractivity contribution in [2.45, 2.75) is 67.9 Å². The molecule has 4 aromatic carbocycles. The fourth-order valence-corrected chi connectivity index (χ4v) is 33.4. The predicted molar refractivity (Wildman–Crippen MR) is 165 cm³/mol. The zero-order chi connectivity index (χ0) is 26.5. The Bertz CT molecular complexity index is 1580. The number of hydrogen-bond acceptors (Lipinski definition) is 0. The Hall–Kier alpha value is -1.66. The summed E-state index contributed by atoms with van der Waals surface area (Å²) in [5, 5.41) is 5.74. The molecule has 3 aliphatic carbocycles. The van der Waals surface area contributed by atoms with Crippen molar-refractivity contribution in [2.24, 2.45) is 11.8 Å². The molecule has 4 aliphatic rings. The zero-order valence-corrected chi connectivity index (χ0v) is 28.6. The van der Waals surface area contributed by atoms with Gasteiger partial charge in [0.15, 0.2) is 0 Å². The van der Waals surface area contributed by atoms with Gasteiger partial charge in [-0.25, -0.2) is 0 Å². The molecule has 4 atom stereocenters. The van der Waals surface area contributed by atoms with Crippen LogP contribution in [0.5, 0.6) is 0 Å². The van der Waals surface area contributed by atoms with E-state index in [0.717, 1.165) is 14.5 Å². The first-order valence-corrected chi connectivity index (χ1v) is 21.2. The van der Waals surface area contributed by atoms with Gasteiger partial charge in [0.25, 0.3) is 0 Å². The number of fused-ring (bicyclic) bond motifs is 7. The fraction of sp³-hybridized carbons (Fsp3) is 0.368. The molecule has 0 N–H and O–H groups in total. The molecule has 8 rings (SSSR count). The molecule has 1 saturated carbocycles. The number of benzene rings is 4. The van der Waals surface area contributed by atoms with Crippen molar-refractivity contribution in [3.63, 3.8) is 0 Å². The Morgan fingerprint density at radius 2 is 0.976 bits per heavy atom. The van der Waals surface area contributed by atoms with Crippen LogP contribution in [0.15, 0.2) is 83.9 Å². The van der Waals surface area contributed by atoms with Crippen LogP contribution in [-0.4, -0.2) is 0 Å². The molecule has 4 unspecified atom stereocenters. The van der Waals surface area contributed by atoms with Crippen LogP contribution in [0, 0.1) is 11.8 Å². The van der Waals surface area contributed by atoms with Crippen molar-refractivity contribution < 1.29 is 45.1 Å². The van der Waals surface area contributed by atoms with Gasteiger partial charge in [0.05, 0.1) is 0 Å². The van der Waals surface area contributed by atoms with Crippen molar-refractivity contribution in [3.8, 4) is 0 Å². The third-order valence-electron chi connectivity index (χ3n) is 11.2. The average Bonchev–Trinajstić information content (AvgIpc) is 3.25. The Morgan fingerprint density at radius 3 is 1.39 bits per heavy atom. The van der Waals surface area contributed by atoms with Crippen LogP contribution in [0.1, 0.15) is 82.9 Å². The Balaban J connectivity index is 0.00000151. The molecule has 0 aromatic heterocycles. The second-order valence-electron chi connectivity index (χ2n) is 13.5. The average molecular weight is 659 g/mol. The van der Waals surface area contributed by atoms with Gasteiger partial charge in [-0.05, 0) is 0 Å². The van der Waals surface area contributed by atoms with E-state index < -0.39 is 20.3 Å². The van der Waals surface area contributed by atoms with Crippen molar-refractivity contribution >= 4 is 33.7 Å². The van der Waals surface area contributed by atoms with Crippen LogP contribution in [0.4, 0.5) is 0 Å². The first-order valence-electron chi connectivity index (χ1n) is 15.5. The SMILES string of the molecule is CC(C)C1=Cc2c(ccc3ccccc23)[CH]1[Zr+2]1([CH]2C(C(C)C)=Cc3c2ccc2ccccc32)[CH]2CCCC[CH]21.[Cl-].[Cl-]. The van der Waals surface area contributed by atoms with Crippen LogP contribution in [0.2, 0.25) is 7.25 Å². The minimum atomic E-state index is -2.94. The number of halogens is 2. The molecule has 1 heterocycles. The summed E-state index contributed by atoms with van der Waals surface area (Å²) < 4.78 is 3.50. The molecule has 0 spiro atoms. The molecular weight excluding hydrogens is 619 g/mol. The molecule has 0 nitrogen and oxygen atoms in total. The van der Waals surface area contributed by atoms with Gasteiger partial charge >= 0.3 is 240 Å². The van der Waals surface area contributed by atoms with E-state index in [1.165, 1.54) is 47.2 Å². The minimum absolute atomic E-state index is 0. The molecule has 4 aromatic rings. The maximum absolute atomic E-state index is 2.94. The van der Waals surface area contributed by atoms with Gasteiger partial charge in [-0.1, -0.05) is 0 Å². The van der Waals surface area contributed by atoms with Crippen LogP contribution < -0.4 is 24.8 Å². The van der Waals surface area contributed by atoms with E-state index in [1.54, 1.807) is 33.4 Å². The van der Waals surface area contributed by atoms with E-state index in [1.807, 2.05) is 0 Å². The smallest absolute Gasteiger partial charge is 1.00 e. The summed E-state index contributed by atoms with van der Waals surface area (Å²) in [5.41, 5.74) is 10.1. The fourth-order valence-electron chi connectivity index (χ4n) is 9.67. The van der Waals surface area contributed by atoms with Gasteiger partial charge < -0.3 is 24.8 Å². The molecule has 210 valence electrons. The molecule has 1 saturated heterocycles. The third kappa shape index (κ3) is 4.09. The number of rotatable bonds is 4. The van der Waals surface area contributed by atoms with Gasteiger partial charge in [-0.15, -0.1) is 0 Å². The standard InChI is InChI=1S/2C16H15.C6H10.2ClH.Zr/c2*1-11(2)14-9-13-8-7-12-5-3-4-6-15(12)16(13)10-14;1-2-4-6-5-3-1;;;/h2*3-11H,1-2H3;1-2H,3-6H2;2*1H;/q;;;;;+2/p-2. The summed E-state index contributed by atoms with van der Waals surface area (Å²) in [6.07, 6.45) is 11.3. The van der Waals surface area contributed by atoms with Crippen molar-refractivity contribution in [1.82, 2.24) is 0 Å². The first-order chi connectivity index (χ1) is 19.0. The number of hydrogen-bond donors (Lipinski definition) is 0. The van der Waals surface area contributed by atoms with Crippen LogP contribution in [0.3, 0.4) is 0 Å². The summed E-state index contributed by atoms with van der Waals surface area (Å²) in [4.78, 5) is 0. The maximum Gasteiger partial charge on any atom is -1.00 e. The van der Waals surface area contributed by atoms with Crippen molar-refractivity contribution in [3.05, 3.63) is 106 Å². The van der Waals surface area contributed by atoms with Gasteiger partial charge in [-0.2, -0.15) is 0 Å². The normalized spacial score (nSPS) is 26.0. The second-order valence-corrected chi connectivity index (χ2v) is 24.9. The van der Waals surface area contributed by atoms with E-state index in [0.29, 0.717) is 11.8 Å². The zero-order valence-electron chi connectivity index (χ0n) is 24.6. The minimum Gasteiger partial charge on any atom is -1.00 e. The largest absolute Gasteiger partial charge is 1.00 e. The summed E-state index contributed by atoms with van der Waals surface area (Å²) in [6, 6.07) is 28.3. The first kappa shape index (κ1) is 29.4. The van der Waals surface area contributed by atoms with E-state index in [4.69, 9.17) is 0 Å². The third-order valence-corrected chi connectivity index (χ3v) is 28.0. The van der Waals surface area contributed by atoms with Crippen molar-refractivity contribution in [1.29, 1.82) is 0 Å². The van der Waals surface area contributed by atoms with E-state index in [-0.39, 0.29) is 24.8 Å². The topological polar surface area (TPSA) is 0 Å². The van der Waals surface area contributed by atoms with Crippen LogP contribution in [-0.2, 0) is 20.3 Å².